The maximum atomic E-state index is 12.9. The van der Waals surface area contributed by atoms with Crippen LogP contribution in [0.25, 0.3) is 6.08 Å². The number of nitrogens with zero attached hydrogens (tertiary/aromatic N) is 1. The number of hydrogen-bond donors (Lipinski definition) is 0. The maximum Gasteiger partial charge on any atom is 0.231 e. The lowest BCUT2D eigenvalue weighted by Crippen LogP contribution is -2.33. The lowest BCUT2D eigenvalue weighted by atomic mass is 10.0. The standard InChI is InChI=1S/C24H21NO3S/c1-16-4-2-5-17(12-16)13-22-23(26)19-7-8-21-20(24(19)28-22)14-25(15-27-21)10-9-18-6-3-11-29-18/h2-8,11-13H,9-10,14-15H2,1H3/b22-13-. The van der Waals surface area contributed by atoms with E-state index in [1.165, 1.54) is 4.88 Å². The van der Waals surface area contributed by atoms with E-state index in [1.54, 1.807) is 11.3 Å². The van der Waals surface area contributed by atoms with E-state index >= 15 is 0 Å². The smallest absolute Gasteiger partial charge is 0.231 e. The highest BCUT2D eigenvalue weighted by Gasteiger charge is 2.33. The molecule has 3 aromatic rings. The van der Waals surface area contributed by atoms with Gasteiger partial charge in [-0.25, -0.2) is 0 Å². The van der Waals surface area contributed by atoms with Crippen LogP contribution in [0.15, 0.2) is 59.7 Å². The molecule has 0 aliphatic carbocycles. The molecular formula is C24H21NO3S. The van der Waals surface area contributed by atoms with Crippen molar-refractivity contribution >= 4 is 23.2 Å². The highest BCUT2D eigenvalue weighted by Crippen LogP contribution is 2.42. The first-order valence-corrected chi connectivity index (χ1v) is 10.6. The largest absolute Gasteiger partial charge is 0.478 e. The normalized spacial score (nSPS) is 17.0. The summed E-state index contributed by atoms with van der Waals surface area (Å²) in [7, 11) is 0. The Kier molecular flexibility index (Phi) is 4.70. The summed E-state index contributed by atoms with van der Waals surface area (Å²) in [5, 5.41) is 2.10. The molecule has 2 aliphatic heterocycles. The van der Waals surface area contributed by atoms with Crippen molar-refractivity contribution < 1.29 is 14.3 Å². The minimum atomic E-state index is -0.0694. The van der Waals surface area contributed by atoms with Crippen LogP contribution in [0.5, 0.6) is 11.5 Å². The predicted octanol–water partition coefficient (Wildman–Crippen LogP) is 5.07. The summed E-state index contributed by atoms with van der Waals surface area (Å²) in [5.74, 6) is 1.75. The number of ether oxygens (including phenoxy) is 2. The molecule has 5 heteroatoms. The van der Waals surface area contributed by atoms with Crippen molar-refractivity contribution in [2.75, 3.05) is 13.3 Å². The zero-order valence-electron chi connectivity index (χ0n) is 16.2. The van der Waals surface area contributed by atoms with Gasteiger partial charge in [0.2, 0.25) is 5.78 Å². The van der Waals surface area contributed by atoms with Gasteiger partial charge in [-0.05, 0) is 48.6 Å². The van der Waals surface area contributed by atoms with Gasteiger partial charge in [0.1, 0.15) is 18.2 Å². The maximum absolute atomic E-state index is 12.9. The van der Waals surface area contributed by atoms with Crippen LogP contribution in [0.3, 0.4) is 0 Å². The Balaban J connectivity index is 1.39. The van der Waals surface area contributed by atoms with E-state index in [2.05, 4.69) is 22.4 Å². The number of benzene rings is 2. The fourth-order valence-corrected chi connectivity index (χ4v) is 4.48. The van der Waals surface area contributed by atoms with Crippen molar-refractivity contribution in [3.63, 3.8) is 0 Å². The monoisotopic (exact) mass is 403 g/mol. The molecule has 2 aliphatic rings. The highest BCUT2D eigenvalue weighted by molar-refractivity contribution is 7.09. The van der Waals surface area contributed by atoms with Crippen molar-refractivity contribution in [2.24, 2.45) is 0 Å². The molecular weight excluding hydrogens is 382 g/mol. The van der Waals surface area contributed by atoms with Gasteiger partial charge in [-0.1, -0.05) is 35.9 Å². The molecule has 0 spiro atoms. The van der Waals surface area contributed by atoms with Crippen LogP contribution in [-0.4, -0.2) is 24.0 Å². The Labute approximate surface area is 174 Å². The van der Waals surface area contributed by atoms with Gasteiger partial charge in [-0.3, -0.25) is 9.69 Å². The molecule has 0 N–H and O–H groups in total. The minimum Gasteiger partial charge on any atom is -0.478 e. The number of ketones is 1. The molecule has 5 rings (SSSR count). The summed E-state index contributed by atoms with van der Waals surface area (Å²) in [6, 6.07) is 16.0. The van der Waals surface area contributed by atoms with Crippen LogP contribution in [0.4, 0.5) is 0 Å². The van der Waals surface area contributed by atoms with Crippen LogP contribution in [0, 0.1) is 6.92 Å². The van der Waals surface area contributed by atoms with Gasteiger partial charge in [-0.15, -0.1) is 11.3 Å². The third kappa shape index (κ3) is 3.59. The van der Waals surface area contributed by atoms with Gasteiger partial charge >= 0.3 is 0 Å². The first-order valence-electron chi connectivity index (χ1n) is 9.72. The number of aryl methyl sites for hydroxylation is 1. The number of fused-ring (bicyclic) bond motifs is 3. The zero-order chi connectivity index (χ0) is 19.8. The summed E-state index contributed by atoms with van der Waals surface area (Å²) in [4.78, 5) is 16.5. The van der Waals surface area contributed by atoms with Crippen LogP contribution < -0.4 is 9.47 Å². The van der Waals surface area contributed by atoms with E-state index < -0.39 is 0 Å². The number of rotatable bonds is 4. The number of carbonyl (C=O) groups excluding carboxylic acids is 1. The molecule has 0 unspecified atom stereocenters. The molecule has 2 aromatic carbocycles. The second kappa shape index (κ2) is 7.50. The fraction of sp³-hybridized carbons (Fsp3) is 0.208. The van der Waals surface area contributed by atoms with Crippen molar-refractivity contribution in [2.45, 2.75) is 19.9 Å². The van der Waals surface area contributed by atoms with Crippen LogP contribution in [-0.2, 0) is 13.0 Å². The van der Waals surface area contributed by atoms with Gasteiger partial charge in [0.15, 0.2) is 5.76 Å². The molecule has 0 atom stereocenters. The van der Waals surface area contributed by atoms with Gasteiger partial charge in [0.05, 0.1) is 11.1 Å². The summed E-state index contributed by atoms with van der Waals surface area (Å²) < 4.78 is 12.0. The highest BCUT2D eigenvalue weighted by atomic mass is 32.1. The van der Waals surface area contributed by atoms with Crippen molar-refractivity contribution in [1.82, 2.24) is 4.90 Å². The van der Waals surface area contributed by atoms with E-state index in [9.17, 15) is 4.79 Å². The number of thiophene rings is 1. The summed E-state index contributed by atoms with van der Waals surface area (Å²) in [6.45, 7) is 4.21. The average molecular weight is 404 g/mol. The van der Waals surface area contributed by atoms with Crippen molar-refractivity contribution in [1.29, 1.82) is 0 Å². The van der Waals surface area contributed by atoms with Crippen molar-refractivity contribution in [3.05, 3.63) is 86.8 Å². The molecule has 0 saturated heterocycles. The molecule has 0 saturated carbocycles. The summed E-state index contributed by atoms with van der Waals surface area (Å²) >= 11 is 1.78. The molecule has 0 fully saturated rings. The topological polar surface area (TPSA) is 38.8 Å². The number of carbonyl (C=O) groups is 1. The summed E-state index contributed by atoms with van der Waals surface area (Å²) in [5.41, 5.74) is 3.69. The first-order chi connectivity index (χ1) is 14.2. The van der Waals surface area contributed by atoms with Crippen LogP contribution >= 0.6 is 11.3 Å². The lowest BCUT2D eigenvalue weighted by molar-refractivity contribution is 0.0951. The fourth-order valence-electron chi connectivity index (χ4n) is 3.78. The predicted molar refractivity (Wildman–Crippen MR) is 114 cm³/mol. The second-order valence-corrected chi connectivity index (χ2v) is 8.46. The van der Waals surface area contributed by atoms with Gasteiger partial charge in [-0.2, -0.15) is 0 Å². The molecule has 4 nitrogen and oxygen atoms in total. The first kappa shape index (κ1) is 18.2. The molecule has 146 valence electrons. The quantitative estimate of drug-likeness (QED) is 0.570. The van der Waals surface area contributed by atoms with Gasteiger partial charge in [0, 0.05) is 18.0 Å². The Morgan fingerprint density at radius 1 is 1.17 bits per heavy atom. The molecule has 0 radical (unpaired) electrons. The Bertz CT molecular complexity index is 1100. The molecule has 3 heterocycles. The average Bonchev–Trinajstić information content (AvgIpc) is 3.35. The van der Waals surface area contributed by atoms with E-state index in [-0.39, 0.29) is 5.78 Å². The lowest BCUT2D eigenvalue weighted by Gasteiger charge is -2.29. The summed E-state index contributed by atoms with van der Waals surface area (Å²) in [6.07, 6.45) is 2.81. The van der Waals surface area contributed by atoms with E-state index in [4.69, 9.17) is 9.47 Å². The molecule has 0 amide bonds. The Morgan fingerprint density at radius 2 is 2.10 bits per heavy atom. The molecule has 29 heavy (non-hydrogen) atoms. The second-order valence-electron chi connectivity index (χ2n) is 7.43. The SMILES string of the molecule is Cc1cccc(/C=C2\Oc3c(ccc4c3CN(CCc3cccs3)CO4)C2=O)c1. The molecule has 0 bridgehead atoms. The van der Waals surface area contributed by atoms with Gasteiger partial charge < -0.3 is 9.47 Å². The third-order valence-electron chi connectivity index (χ3n) is 5.28. The van der Waals surface area contributed by atoms with Crippen molar-refractivity contribution in [3.8, 4) is 11.5 Å². The zero-order valence-corrected chi connectivity index (χ0v) is 17.0. The van der Waals surface area contributed by atoms with Crippen LogP contribution in [0.2, 0.25) is 0 Å². The van der Waals surface area contributed by atoms with E-state index in [0.29, 0.717) is 23.8 Å². The van der Waals surface area contributed by atoms with Gasteiger partial charge in [0.25, 0.3) is 0 Å². The number of Topliss-reactive ketones (excluding diaryl/α,β-unsaturated/α-hetero) is 1. The Morgan fingerprint density at radius 3 is 2.93 bits per heavy atom. The minimum absolute atomic E-state index is 0.0694. The Hall–Kier alpha value is -2.89. The van der Waals surface area contributed by atoms with E-state index in [1.807, 2.05) is 49.4 Å². The van der Waals surface area contributed by atoms with Crippen LogP contribution in [0.1, 0.15) is 31.9 Å². The number of hydrogen-bond acceptors (Lipinski definition) is 5. The molecule has 1 aromatic heterocycles. The number of allylic oxidation sites excluding steroid dienone is 1. The van der Waals surface area contributed by atoms with E-state index in [0.717, 1.165) is 42.0 Å². The third-order valence-corrected chi connectivity index (χ3v) is 6.21.